The SMILES string of the molecule is Cc1[nH]nc2nc(-c3c(F)cc(O)cc3F)c(C#N)c(-c3ccc(N4CCC(N)C4)o3)c12. The van der Waals surface area contributed by atoms with Gasteiger partial charge >= 0.3 is 0 Å². The van der Waals surface area contributed by atoms with E-state index in [0.29, 0.717) is 34.8 Å². The van der Waals surface area contributed by atoms with Crippen molar-refractivity contribution in [3.05, 3.63) is 47.2 Å². The Bertz CT molecular complexity index is 1380. The van der Waals surface area contributed by atoms with E-state index in [4.69, 9.17) is 10.2 Å². The van der Waals surface area contributed by atoms with Crippen molar-refractivity contribution in [3.8, 4) is 34.4 Å². The molecule has 10 heteroatoms. The molecular formula is C22H18F2N6O2. The van der Waals surface area contributed by atoms with Crippen LogP contribution in [0.3, 0.4) is 0 Å². The number of phenolic OH excluding ortho intramolecular Hbond substituents is 1. The number of nitrogens with one attached hydrogen (secondary N) is 1. The van der Waals surface area contributed by atoms with Gasteiger partial charge in [0, 0.05) is 43.0 Å². The summed E-state index contributed by atoms with van der Waals surface area (Å²) in [6.45, 7) is 3.14. The fourth-order valence-corrected chi connectivity index (χ4v) is 4.14. The molecule has 1 saturated heterocycles. The van der Waals surface area contributed by atoms with E-state index in [9.17, 15) is 19.1 Å². The molecule has 0 radical (unpaired) electrons. The zero-order chi connectivity index (χ0) is 22.6. The number of pyridine rings is 1. The van der Waals surface area contributed by atoms with Gasteiger partial charge in [0.15, 0.2) is 11.5 Å². The van der Waals surface area contributed by atoms with Gasteiger partial charge in [0.2, 0.25) is 0 Å². The Hall–Kier alpha value is -3.97. The number of nitrogens with two attached hydrogens (primary N) is 1. The third-order valence-corrected chi connectivity index (χ3v) is 5.63. The molecule has 4 heterocycles. The van der Waals surface area contributed by atoms with Crippen LogP contribution in [0, 0.1) is 29.9 Å². The van der Waals surface area contributed by atoms with Crippen LogP contribution in [0.5, 0.6) is 5.75 Å². The van der Waals surface area contributed by atoms with Crippen molar-refractivity contribution in [2.75, 3.05) is 18.0 Å². The van der Waals surface area contributed by atoms with Crippen molar-refractivity contribution in [2.45, 2.75) is 19.4 Å². The van der Waals surface area contributed by atoms with E-state index < -0.39 is 22.9 Å². The molecule has 1 aliphatic heterocycles. The van der Waals surface area contributed by atoms with Gasteiger partial charge in [-0.15, -0.1) is 0 Å². The second-order valence-electron chi connectivity index (χ2n) is 7.79. The summed E-state index contributed by atoms with van der Waals surface area (Å²) in [6, 6.07) is 7.09. The molecule has 4 N–H and O–H groups in total. The molecule has 0 aliphatic carbocycles. The number of aromatic amines is 1. The summed E-state index contributed by atoms with van der Waals surface area (Å²) in [6.07, 6.45) is 0.837. The van der Waals surface area contributed by atoms with E-state index >= 15 is 0 Å². The predicted molar refractivity (Wildman–Crippen MR) is 113 cm³/mol. The number of rotatable bonds is 3. The summed E-state index contributed by atoms with van der Waals surface area (Å²) in [7, 11) is 0. The number of benzene rings is 1. The van der Waals surface area contributed by atoms with Crippen LogP contribution in [-0.4, -0.2) is 39.4 Å². The van der Waals surface area contributed by atoms with Crippen LogP contribution in [0.25, 0.3) is 33.6 Å². The largest absolute Gasteiger partial charge is 0.508 e. The normalized spacial score (nSPS) is 16.1. The number of halogens is 2. The summed E-state index contributed by atoms with van der Waals surface area (Å²) in [5.41, 5.74) is 6.31. The molecule has 1 atom stereocenters. The van der Waals surface area contributed by atoms with E-state index in [2.05, 4.69) is 15.2 Å². The van der Waals surface area contributed by atoms with Gasteiger partial charge in [-0.1, -0.05) is 0 Å². The Kier molecular flexibility index (Phi) is 4.56. The lowest BCUT2D eigenvalue weighted by atomic mass is 9.96. The first-order chi connectivity index (χ1) is 15.4. The zero-order valence-electron chi connectivity index (χ0n) is 17.0. The van der Waals surface area contributed by atoms with Gasteiger partial charge in [-0.3, -0.25) is 5.10 Å². The Labute approximate surface area is 180 Å². The minimum Gasteiger partial charge on any atom is -0.508 e. The van der Waals surface area contributed by atoms with Gasteiger partial charge in [0.25, 0.3) is 0 Å². The summed E-state index contributed by atoms with van der Waals surface area (Å²) < 4.78 is 35.4. The Morgan fingerprint density at radius 1 is 1.28 bits per heavy atom. The highest BCUT2D eigenvalue weighted by atomic mass is 19.1. The number of hydrogen-bond acceptors (Lipinski definition) is 7. The van der Waals surface area contributed by atoms with E-state index in [1.54, 1.807) is 19.1 Å². The number of nitriles is 1. The van der Waals surface area contributed by atoms with Gasteiger partial charge in [-0.2, -0.15) is 10.4 Å². The molecule has 162 valence electrons. The zero-order valence-corrected chi connectivity index (χ0v) is 17.0. The highest BCUT2D eigenvalue weighted by molar-refractivity contribution is 5.99. The molecule has 0 saturated carbocycles. The summed E-state index contributed by atoms with van der Waals surface area (Å²) in [5.74, 6) is -1.73. The van der Waals surface area contributed by atoms with Gasteiger partial charge in [-0.05, 0) is 19.4 Å². The number of aromatic hydroxyl groups is 1. The molecular weight excluding hydrogens is 418 g/mol. The molecule has 4 aromatic rings. The number of aryl methyl sites for hydroxylation is 1. The van der Waals surface area contributed by atoms with Crippen molar-refractivity contribution in [1.29, 1.82) is 5.26 Å². The van der Waals surface area contributed by atoms with Crippen LogP contribution < -0.4 is 10.6 Å². The van der Waals surface area contributed by atoms with Crippen molar-refractivity contribution in [1.82, 2.24) is 15.2 Å². The Balaban J connectivity index is 1.77. The van der Waals surface area contributed by atoms with Crippen LogP contribution in [0.15, 0.2) is 28.7 Å². The number of hydrogen-bond donors (Lipinski definition) is 3. The molecule has 5 rings (SSSR count). The summed E-state index contributed by atoms with van der Waals surface area (Å²) in [5, 5.41) is 27.0. The minimum atomic E-state index is -1.05. The minimum absolute atomic E-state index is 0.0500. The molecule has 1 aromatic carbocycles. The maximum atomic E-state index is 14.7. The third-order valence-electron chi connectivity index (χ3n) is 5.63. The molecule has 8 nitrogen and oxygen atoms in total. The maximum Gasteiger partial charge on any atom is 0.196 e. The number of fused-ring (bicyclic) bond motifs is 1. The predicted octanol–water partition coefficient (Wildman–Crippen LogP) is 3.59. The monoisotopic (exact) mass is 436 g/mol. The van der Waals surface area contributed by atoms with Crippen LogP contribution in [-0.2, 0) is 0 Å². The number of anilines is 1. The van der Waals surface area contributed by atoms with Crippen molar-refractivity contribution in [2.24, 2.45) is 5.73 Å². The number of aromatic nitrogens is 3. The molecule has 1 aliphatic rings. The van der Waals surface area contributed by atoms with E-state index in [-0.39, 0.29) is 22.9 Å². The molecule has 1 fully saturated rings. The van der Waals surface area contributed by atoms with Crippen LogP contribution in [0.1, 0.15) is 17.7 Å². The van der Waals surface area contributed by atoms with Crippen molar-refractivity contribution >= 4 is 16.9 Å². The maximum absolute atomic E-state index is 14.7. The summed E-state index contributed by atoms with van der Waals surface area (Å²) >= 11 is 0. The number of H-pyrrole nitrogens is 1. The number of nitrogens with zero attached hydrogens (tertiary/aromatic N) is 4. The standard InChI is InChI=1S/C22H18F2N6O2/c1-10-18-19(16-2-3-17(32-16)30-5-4-11(26)9-30)13(8-25)21(27-22(18)29-28-10)20-14(23)6-12(31)7-15(20)24/h2-3,6-7,11,31H,4-5,9,26H2,1H3,(H,27,28,29). The quantitative estimate of drug-likeness (QED) is 0.448. The van der Waals surface area contributed by atoms with Gasteiger partial charge in [-0.25, -0.2) is 13.8 Å². The lowest BCUT2D eigenvalue weighted by Crippen LogP contribution is -2.25. The second kappa shape index (κ2) is 7.32. The highest BCUT2D eigenvalue weighted by Gasteiger charge is 2.28. The molecule has 3 aromatic heterocycles. The first-order valence-corrected chi connectivity index (χ1v) is 9.95. The van der Waals surface area contributed by atoms with Crippen molar-refractivity contribution < 1.29 is 18.3 Å². The van der Waals surface area contributed by atoms with Crippen LogP contribution in [0.4, 0.5) is 14.7 Å². The molecule has 1 unspecified atom stereocenters. The van der Waals surface area contributed by atoms with Gasteiger partial charge in [0.05, 0.1) is 27.8 Å². The number of phenols is 1. The highest BCUT2D eigenvalue weighted by Crippen LogP contribution is 2.41. The fourth-order valence-electron chi connectivity index (χ4n) is 4.14. The van der Waals surface area contributed by atoms with Gasteiger partial charge in [0.1, 0.15) is 29.2 Å². The topological polar surface area (TPSA) is 128 Å². The van der Waals surface area contributed by atoms with Gasteiger partial charge < -0.3 is 20.2 Å². The Morgan fingerprint density at radius 3 is 2.69 bits per heavy atom. The number of furan rings is 1. The smallest absolute Gasteiger partial charge is 0.196 e. The van der Waals surface area contributed by atoms with E-state index in [0.717, 1.165) is 25.1 Å². The molecule has 0 spiro atoms. The Morgan fingerprint density at radius 2 is 2.03 bits per heavy atom. The van der Waals surface area contributed by atoms with E-state index in [1.807, 2.05) is 11.0 Å². The average molecular weight is 436 g/mol. The fraction of sp³-hybridized carbons (Fsp3) is 0.227. The molecule has 0 amide bonds. The first-order valence-electron chi connectivity index (χ1n) is 9.95. The third kappa shape index (κ3) is 3.06. The van der Waals surface area contributed by atoms with Crippen LogP contribution >= 0.6 is 0 Å². The van der Waals surface area contributed by atoms with Crippen molar-refractivity contribution in [3.63, 3.8) is 0 Å². The lowest BCUT2D eigenvalue weighted by Gasteiger charge is -2.14. The van der Waals surface area contributed by atoms with E-state index in [1.165, 1.54) is 0 Å². The first kappa shape index (κ1) is 20.0. The second-order valence-corrected chi connectivity index (χ2v) is 7.79. The average Bonchev–Trinajstić information content (AvgIpc) is 3.47. The lowest BCUT2D eigenvalue weighted by molar-refractivity contribution is 0.461. The molecule has 0 bridgehead atoms. The van der Waals surface area contributed by atoms with Crippen LogP contribution in [0.2, 0.25) is 0 Å². The summed E-state index contributed by atoms with van der Waals surface area (Å²) in [4.78, 5) is 6.27. The molecule has 32 heavy (non-hydrogen) atoms.